The van der Waals surface area contributed by atoms with Crippen LogP contribution in [0.2, 0.25) is 0 Å². The molecular weight excluding hydrogens is 266 g/mol. The smallest absolute Gasteiger partial charge is 0.138 e. The van der Waals surface area contributed by atoms with Gasteiger partial charge in [0.25, 0.3) is 0 Å². The summed E-state index contributed by atoms with van der Waals surface area (Å²) in [5, 5.41) is 4.25. The van der Waals surface area contributed by atoms with Crippen molar-refractivity contribution in [1.29, 1.82) is 0 Å². The average Bonchev–Trinajstić information content (AvgIpc) is 2.82. The molecule has 1 saturated carbocycles. The van der Waals surface area contributed by atoms with Crippen molar-refractivity contribution in [2.45, 2.75) is 77.0 Å². The number of rotatable bonds is 7. The van der Waals surface area contributed by atoms with E-state index in [9.17, 15) is 0 Å². The highest BCUT2D eigenvalue weighted by Gasteiger charge is 2.40. The van der Waals surface area contributed by atoms with Gasteiger partial charge in [-0.2, -0.15) is 5.10 Å². The maximum Gasteiger partial charge on any atom is 0.138 e. The zero-order valence-corrected chi connectivity index (χ0v) is 13.3. The molecule has 2 rings (SSSR count). The van der Waals surface area contributed by atoms with Crippen LogP contribution < -0.4 is 11.3 Å². The summed E-state index contributed by atoms with van der Waals surface area (Å²) in [5.41, 5.74) is 2.83. The van der Waals surface area contributed by atoms with Crippen molar-refractivity contribution in [3.63, 3.8) is 0 Å². The lowest BCUT2D eigenvalue weighted by Gasteiger charge is -2.39. The van der Waals surface area contributed by atoms with Gasteiger partial charge in [-0.25, -0.2) is 4.98 Å². The maximum absolute atomic E-state index is 6.23. The molecule has 0 spiro atoms. The largest absolute Gasteiger partial charge is 0.374 e. The van der Waals surface area contributed by atoms with Gasteiger partial charge in [0.05, 0.1) is 11.6 Å². The Morgan fingerprint density at radius 2 is 2.05 bits per heavy atom. The Bertz CT molecular complexity index is 412. The summed E-state index contributed by atoms with van der Waals surface area (Å²) in [7, 11) is 0. The van der Waals surface area contributed by atoms with Crippen LogP contribution in [-0.4, -0.2) is 33.0 Å². The van der Waals surface area contributed by atoms with E-state index in [4.69, 9.17) is 10.6 Å². The van der Waals surface area contributed by atoms with E-state index < -0.39 is 0 Å². The number of hydrogen-bond donors (Lipinski definition) is 2. The Balaban J connectivity index is 2.18. The number of ether oxygens (including phenoxy) is 1. The minimum Gasteiger partial charge on any atom is -0.374 e. The molecule has 1 aliphatic rings. The van der Waals surface area contributed by atoms with Crippen molar-refractivity contribution in [1.82, 2.24) is 20.2 Å². The first-order chi connectivity index (χ1) is 10.3. The Morgan fingerprint density at radius 3 is 2.62 bits per heavy atom. The van der Waals surface area contributed by atoms with E-state index in [2.05, 4.69) is 29.4 Å². The molecule has 0 radical (unpaired) electrons. The second kappa shape index (κ2) is 7.87. The molecule has 0 aliphatic heterocycles. The molecule has 1 atom stereocenters. The predicted molar refractivity (Wildman–Crippen MR) is 82.6 cm³/mol. The highest BCUT2D eigenvalue weighted by molar-refractivity contribution is 5.00. The maximum atomic E-state index is 6.23. The van der Waals surface area contributed by atoms with E-state index in [1.165, 1.54) is 25.7 Å². The molecule has 1 aromatic rings. The van der Waals surface area contributed by atoms with E-state index >= 15 is 0 Å². The zero-order valence-electron chi connectivity index (χ0n) is 13.3. The standard InChI is InChI=1S/C15H29N5O/c1-3-20-14(17-12-18-20)11-13(19-16)15(21-4-2)9-7-5-6-8-10-15/h12-13,19H,3-11,16H2,1-2H3. The molecule has 6 heteroatoms. The molecular formula is C15H29N5O. The van der Waals surface area contributed by atoms with Crippen LogP contribution in [0.3, 0.4) is 0 Å². The third-order valence-electron chi connectivity index (χ3n) is 4.60. The Labute approximate surface area is 127 Å². The molecule has 0 saturated heterocycles. The zero-order chi connectivity index (χ0) is 15.1. The second-order valence-corrected chi connectivity index (χ2v) is 5.83. The lowest BCUT2D eigenvalue weighted by atomic mass is 9.84. The molecule has 0 bridgehead atoms. The van der Waals surface area contributed by atoms with Gasteiger partial charge < -0.3 is 4.74 Å². The molecule has 1 fully saturated rings. The van der Waals surface area contributed by atoms with Crippen molar-refractivity contribution >= 4 is 0 Å². The lowest BCUT2D eigenvalue weighted by Crippen LogP contribution is -2.56. The number of aromatic nitrogens is 3. The molecule has 1 aliphatic carbocycles. The molecule has 0 amide bonds. The second-order valence-electron chi connectivity index (χ2n) is 5.83. The summed E-state index contributed by atoms with van der Waals surface area (Å²) in [4.78, 5) is 4.39. The topological polar surface area (TPSA) is 78.0 Å². The quantitative estimate of drug-likeness (QED) is 0.455. The fraction of sp³-hybridized carbons (Fsp3) is 0.867. The Hall–Kier alpha value is -0.980. The molecule has 6 nitrogen and oxygen atoms in total. The van der Waals surface area contributed by atoms with E-state index in [1.54, 1.807) is 6.33 Å². The van der Waals surface area contributed by atoms with E-state index in [1.807, 2.05) is 4.68 Å². The first-order valence-corrected chi connectivity index (χ1v) is 8.22. The third kappa shape index (κ3) is 3.81. The van der Waals surface area contributed by atoms with Crippen LogP contribution in [0.15, 0.2) is 6.33 Å². The SMILES string of the molecule is CCOC1(C(Cc2ncnn2CC)NN)CCCCCC1. The highest BCUT2D eigenvalue weighted by atomic mass is 16.5. The fourth-order valence-electron chi connectivity index (χ4n) is 3.50. The number of nitrogens with zero attached hydrogens (tertiary/aromatic N) is 3. The first-order valence-electron chi connectivity index (χ1n) is 8.22. The van der Waals surface area contributed by atoms with Crippen molar-refractivity contribution in [3.05, 3.63) is 12.2 Å². The molecule has 1 aromatic heterocycles. The van der Waals surface area contributed by atoms with Gasteiger partial charge in [0.1, 0.15) is 12.2 Å². The lowest BCUT2D eigenvalue weighted by molar-refractivity contribution is -0.0773. The van der Waals surface area contributed by atoms with Crippen LogP contribution >= 0.6 is 0 Å². The van der Waals surface area contributed by atoms with Crippen LogP contribution in [0.4, 0.5) is 0 Å². The summed E-state index contributed by atoms with van der Waals surface area (Å²) < 4.78 is 8.16. The van der Waals surface area contributed by atoms with E-state index in [0.717, 1.165) is 38.2 Å². The fourth-order valence-corrected chi connectivity index (χ4v) is 3.50. The van der Waals surface area contributed by atoms with Crippen molar-refractivity contribution in [2.75, 3.05) is 6.61 Å². The van der Waals surface area contributed by atoms with Crippen LogP contribution in [0.1, 0.15) is 58.2 Å². The van der Waals surface area contributed by atoms with Gasteiger partial charge in [-0.05, 0) is 26.7 Å². The van der Waals surface area contributed by atoms with Gasteiger partial charge in [0.2, 0.25) is 0 Å². The van der Waals surface area contributed by atoms with Crippen molar-refractivity contribution < 1.29 is 4.74 Å². The minimum absolute atomic E-state index is 0.0741. The molecule has 3 N–H and O–H groups in total. The Morgan fingerprint density at radius 1 is 1.33 bits per heavy atom. The van der Waals surface area contributed by atoms with Gasteiger partial charge in [-0.1, -0.05) is 25.7 Å². The van der Waals surface area contributed by atoms with Crippen LogP contribution in [0, 0.1) is 0 Å². The number of nitrogens with two attached hydrogens (primary N) is 1. The molecule has 1 unspecified atom stereocenters. The predicted octanol–water partition coefficient (Wildman–Crippen LogP) is 1.80. The molecule has 0 aromatic carbocycles. The summed E-state index contributed by atoms with van der Waals surface area (Å²) in [6, 6.07) is 0.0741. The number of nitrogens with one attached hydrogen (secondary N) is 1. The number of hydrazine groups is 1. The average molecular weight is 295 g/mol. The molecule has 21 heavy (non-hydrogen) atoms. The Kier molecular flexibility index (Phi) is 6.14. The molecule has 1 heterocycles. The van der Waals surface area contributed by atoms with E-state index in [0.29, 0.717) is 0 Å². The van der Waals surface area contributed by atoms with Crippen molar-refractivity contribution in [2.24, 2.45) is 5.84 Å². The van der Waals surface area contributed by atoms with E-state index in [-0.39, 0.29) is 11.6 Å². The van der Waals surface area contributed by atoms with Crippen LogP contribution in [0.5, 0.6) is 0 Å². The third-order valence-corrected chi connectivity index (χ3v) is 4.60. The van der Waals surface area contributed by atoms with Crippen molar-refractivity contribution in [3.8, 4) is 0 Å². The van der Waals surface area contributed by atoms with Gasteiger partial charge in [0.15, 0.2) is 0 Å². The van der Waals surface area contributed by atoms with Gasteiger partial charge in [0, 0.05) is 19.6 Å². The minimum atomic E-state index is -0.176. The van der Waals surface area contributed by atoms with Gasteiger partial charge >= 0.3 is 0 Å². The highest BCUT2D eigenvalue weighted by Crippen LogP contribution is 2.34. The summed E-state index contributed by atoms with van der Waals surface area (Å²) >= 11 is 0. The number of hydrogen-bond acceptors (Lipinski definition) is 5. The normalized spacial score (nSPS) is 20.1. The van der Waals surface area contributed by atoms with Crippen LogP contribution in [-0.2, 0) is 17.7 Å². The first kappa shape index (κ1) is 16.4. The van der Waals surface area contributed by atoms with Gasteiger partial charge in [-0.3, -0.25) is 16.0 Å². The molecule has 120 valence electrons. The summed E-state index contributed by atoms with van der Waals surface area (Å²) in [5.74, 6) is 6.87. The summed E-state index contributed by atoms with van der Waals surface area (Å²) in [6.45, 7) is 5.69. The van der Waals surface area contributed by atoms with Crippen LogP contribution in [0.25, 0.3) is 0 Å². The van der Waals surface area contributed by atoms with Gasteiger partial charge in [-0.15, -0.1) is 0 Å². The number of aryl methyl sites for hydroxylation is 1. The summed E-state index contributed by atoms with van der Waals surface area (Å²) in [6.07, 6.45) is 9.49. The monoisotopic (exact) mass is 295 g/mol.